The zero-order valence-electron chi connectivity index (χ0n) is 11.3. The first-order chi connectivity index (χ1) is 8.70. The van der Waals surface area contributed by atoms with Crippen molar-refractivity contribution in [2.75, 3.05) is 13.6 Å². The lowest BCUT2D eigenvalue weighted by atomic mass is 10.1. The maximum Gasteiger partial charge on any atom is 0.237 e. The molecule has 1 fully saturated rings. The Hall–Kier alpha value is -1.35. The number of amides is 1. The fourth-order valence-electron chi connectivity index (χ4n) is 2.44. The number of aryl methyl sites for hydroxylation is 1. The molecule has 1 aliphatic heterocycles. The Morgan fingerprint density at radius 3 is 2.56 bits per heavy atom. The van der Waals surface area contributed by atoms with E-state index in [1.165, 1.54) is 11.1 Å². The largest absolute Gasteiger partial charge is 0.351 e. The summed E-state index contributed by atoms with van der Waals surface area (Å²) >= 11 is 0. The van der Waals surface area contributed by atoms with Gasteiger partial charge in [-0.1, -0.05) is 31.2 Å². The number of nitrogens with zero attached hydrogens (tertiary/aromatic N) is 1. The van der Waals surface area contributed by atoms with Crippen LogP contribution in [0, 0.1) is 0 Å². The van der Waals surface area contributed by atoms with Crippen LogP contribution in [0.2, 0.25) is 0 Å². The molecule has 1 unspecified atom stereocenters. The number of hydrogen-bond acceptors (Lipinski definition) is 2. The molecule has 0 radical (unpaired) electrons. The lowest BCUT2D eigenvalue weighted by molar-refractivity contribution is -0.125. The van der Waals surface area contributed by atoms with Gasteiger partial charge in [-0.15, -0.1) is 0 Å². The van der Waals surface area contributed by atoms with E-state index in [9.17, 15) is 4.79 Å². The predicted octanol–water partition coefficient (Wildman–Crippen LogP) is 1.96. The van der Waals surface area contributed by atoms with E-state index in [0.29, 0.717) is 6.54 Å². The van der Waals surface area contributed by atoms with Gasteiger partial charge in [0.05, 0.1) is 6.04 Å². The van der Waals surface area contributed by atoms with Crippen molar-refractivity contribution in [3.05, 3.63) is 35.4 Å². The number of nitrogens with one attached hydrogen (secondary N) is 1. The maximum absolute atomic E-state index is 12.0. The smallest absolute Gasteiger partial charge is 0.237 e. The standard InChI is InChI=1S/C15H22N2O/c1-3-12-6-8-13(9-7-12)11-16-15(18)14-5-4-10-17(14)2/h6-9,14H,3-5,10-11H2,1-2H3,(H,16,18). The van der Waals surface area contributed by atoms with Gasteiger partial charge in [0.2, 0.25) is 5.91 Å². The molecule has 0 saturated carbocycles. The molecule has 2 rings (SSSR count). The van der Waals surface area contributed by atoms with E-state index in [0.717, 1.165) is 25.8 Å². The van der Waals surface area contributed by atoms with Crippen LogP contribution in [0.1, 0.15) is 30.9 Å². The van der Waals surface area contributed by atoms with Crippen LogP contribution in [0.3, 0.4) is 0 Å². The molecule has 0 aromatic heterocycles. The molecule has 1 atom stereocenters. The number of carbonyl (C=O) groups excluding carboxylic acids is 1. The number of likely N-dealkylation sites (tertiary alicyclic amines) is 1. The minimum Gasteiger partial charge on any atom is -0.351 e. The topological polar surface area (TPSA) is 32.3 Å². The molecule has 1 aromatic rings. The van der Waals surface area contributed by atoms with Gasteiger partial charge >= 0.3 is 0 Å². The van der Waals surface area contributed by atoms with Gasteiger partial charge in [0.1, 0.15) is 0 Å². The van der Waals surface area contributed by atoms with Crippen LogP contribution in [0.5, 0.6) is 0 Å². The third-order valence-electron chi connectivity index (χ3n) is 3.72. The molecule has 1 aromatic carbocycles. The number of benzene rings is 1. The minimum absolute atomic E-state index is 0.0694. The van der Waals surface area contributed by atoms with E-state index in [2.05, 4.69) is 41.4 Å². The van der Waals surface area contributed by atoms with Crippen LogP contribution in [-0.2, 0) is 17.8 Å². The van der Waals surface area contributed by atoms with Crippen molar-refractivity contribution in [1.29, 1.82) is 0 Å². The Labute approximate surface area is 109 Å². The molecular weight excluding hydrogens is 224 g/mol. The fourth-order valence-corrected chi connectivity index (χ4v) is 2.44. The quantitative estimate of drug-likeness (QED) is 0.881. The van der Waals surface area contributed by atoms with Crippen molar-refractivity contribution < 1.29 is 4.79 Å². The highest BCUT2D eigenvalue weighted by molar-refractivity contribution is 5.81. The van der Waals surface area contributed by atoms with Crippen molar-refractivity contribution >= 4 is 5.91 Å². The highest BCUT2D eigenvalue weighted by Gasteiger charge is 2.27. The summed E-state index contributed by atoms with van der Waals surface area (Å²) in [5.41, 5.74) is 2.50. The van der Waals surface area contributed by atoms with Crippen molar-refractivity contribution in [3.8, 4) is 0 Å². The Bertz CT molecular complexity index is 399. The number of hydrogen-bond donors (Lipinski definition) is 1. The normalized spacial score (nSPS) is 20.0. The van der Waals surface area contributed by atoms with Crippen molar-refractivity contribution in [3.63, 3.8) is 0 Å². The maximum atomic E-state index is 12.0. The van der Waals surface area contributed by atoms with Crippen molar-refractivity contribution in [2.24, 2.45) is 0 Å². The fraction of sp³-hybridized carbons (Fsp3) is 0.533. The van der Waals surface area contributed by atoms with E-state index in [1.807, 2.05) is 7.05 Å². The average Bonchev–Trinajstić information content (AvgIpc) is 2.83. The monoisotopic (exact) mass is 246 g/mol. The first-order valence-electron chi connectivity index (χ1n) is 6.76. The van der Waals surface area contributed by atoms with Crippen LogP contribution >= 0.6 is 0 Å². The zero-order valence-corrected chi connectivity index (χ0v) is 11.3. The van der Waals surface area contributed by atoms with E-state index in [-0.39, 0.29) is 11.9 Å². The van der Waals surface area contributed by atoms with Crippen LogP contribution < -0.4 is 5.32 Å². The van der Waals surface area contributed by atoms with Gasteiger partial charge in [0, 0.05) is 6.54 Å². The Morgan fingerprint density at radius 2 is 2.00 bits per heavy atom. The summed E-state index contributed by atoms with van der Waals surface area (Å²) in [4.78, 5) is 14.1. The minimum atomic E-state index is 0.0694. The Morgan fingerprint density at radius 1 is 1.33 bits per heavy atom. The first kappa shape index (κ1) is 13.1. The molecule has 1 amide bonds. The molecule has 1 saturated heterocycles. The highest BCUT2D eigenvalue weighted by atomic mass is 16.2. The van der Waals surface area contributed by atoms with E-state index < -0.39 is 0 Å². The van der Waals surface area contributed by atoms with Gasteiger partial charge in [-0.05, 0) is 44.0 Å². The first-order valence-corrected chi connectivity index (χ1v) is 6.76. The van der Waals surface area contributed by atoms with Gasteiger partial charge in [-0.2, -0.15) is 0 Å². The SMILES string of the molecule is CCc1ccc(CNC(=O)C2CCCN2C)cc1. The molecule has 3 heteroatoms. The van der Waals surface area contributed by atoms with Crippen molar-refractivity contribution in [1.82, 2.24) is 10.2 Å². The molecule has 1 aliphatic rings. The van der Waals surface area contributed by atoms with Crippen LogP contribution in [0.4, 0.5) is 0 Å². The number of rotatable bonds is 4. The summed E-state index contributed by atoms with van der Waals surface area (Å²) in [6.45, 7) is 3.81. The molecule has 0 spiro atoms. The molecule has 18 heavy (non-hydrogen) atoms. The van der Waals surface area contributed by atoms with Gasteiger partial charge in [0.15, 0.2) is 0 Å². The molecule has 1 heterocycles. The van der Waals surface area contributed by atoms with Crippen LogP contribution in [0.15, 0.2) is 24.3 Å². The number of carbonyl (C=O) groups is 1. The van der Waals surface area contributed by atoms with Gasteiger partial charge in [0.25, 0.3) is 0 Å². The molecule has 3 nitrogen and oxygen atoms in total. The lowest BCUT2D eigenvalue weighted by Gasteiger charge is -2.18. The van der Waals surface area contributed by atoms with E-state index >= 15 is 0 Å². The molecular formula is C15H22N2O. The lowest BCUT2D eigenvalue weighted by Crippen LogP contribution is -2.41. The summed E-state index contributed by atoms with van der Waals surface area (Å²) < 4.78 is 0. The predicted molar refractivity (Wildman–Crippen MR) is 73.3 cm³/mol. The summed E-state index contributed by atoms with van der Waals surface area (Å²) in [5.74, 6) is 0.162. The van der Waals surface area contributed by atoms with Gasteiger partial charge in [-0.25, -0.2) is 0 Å². The second kappa shape index (κ2) is 6.01. The average molecular weight is 246 g/mol. The van der Waals surface area contributed by atoms with Gasteiger partial charge in [-0.3, -0.25) is 9.69 Å². The number of likely N-dealkylation sites (N-methyl/N-ethyl adjacent to an activating group) is 1. The summed E-state index contributed by atoms with van der Waals surface area (Å²) in [6, 6.07) is 8.52. The third-order valence-corrected chi connectivity index (χ3v) is 3.72. The second-order valence-electron chi connectivity index (χ2n) is 5.03. The molecule has 0 bridgehead atoms. The molecule has 0 aliphatic carbocycles. The third kappa shape index (κ3) is 3.10. The summed E-state index contributed by atoms with van der Waals surface area (Å²) in [7, 11) is 2.02. The van der Waals surface area contributed by atoms with E-state index in [4.69, 9.17) is 0 Å². The Balaban J connectivity index is 1.85. The second-order valence-corrected chi connectivity index (χ2v) is 5.03. The Kier molecular flexibility index (Phi) is 4.37. The highest BCUT2D eigenvalue weighted by Crippen LogP contribution is 2.14. The van der Waals surface area contributed by atoms with Crippen LogP contribution in [0.25, 0.3) is 0 Å². The summed E-state index contributed by atoms with van der Waals surface area (Å²) in [6.07, 6.45) is 3.16. The van der Waals surface area contributed by atoms with E-state index in [1.54, 1.807) is 0 Å². The molecule has 1 N–H and O–H groups in total. The summed E-state index contributed by atoms with van der Waals surface area (Å²) in [5, 5.41) is 3.03. The van der Waals surface area contributed by atoms with Gasteiger partial charge < -0.3 is 5.32 Å². The molecule has 98 valence electrons. The zero-order chi connectivity index (χ0) is 13.0. The van der Waals surface area contributed by atoms with Crippen LogP contribution in [-0.4, -0.2) is 30.4 Å². The van der Waals surface area contributed by atoms with Crippen molar-refractivity contribution in [2.45, 2.75) is 38.8 Å².